The molecule has 3 aromatic heterocycles. The Morgan fingerprint density at radius 1 is 1.02 bits per heavy atom. The number of aliphatic hydroxyl groups is 1. The lowest BCUT2D eigenvalue weighted by atomic mass is 9.91. The van der Waals surface area contributed by atoms with E-state index < -0.39 is 17.5 Å². The fourth-order valence-electron chi connectivity index (χ4n) is 5.18. The Balaban J connectivity index is 1.41. The molecule has 11 heteroatoms. The van der Waals surface area contributed by atoms with Crippen LogP contribution in [-0.2, 0) is 6.42 Å². The minimum atomic E-state index is -0.697. The first kappa shape index (κ1) is 28.7. The number of nitrogens with one attached hydrogen (secondary N) is 1. The van der Waals surface area contributed by atoms with Crippen LogP contribution in [0.3, 0.4) is 0 Å². The molecule has 2 N–H and O–H groups in total. The predicted molar refractivity (Wildman–Crippen MR) is 156 cm³/mol. The van der Waals surface area contributed by atoms with Gasteiger partial charge in [0.05, 0.1) is 38.6 Å². The van der Waals surface area contributed by atoms with Gasteiger partial charge in [0.15, 0.2) is 17.3 Å². The Labute approximate surface area is 242 Å². The van der Waals surface area contributed by atoms with E-state index in [1.54, 1.807) is 50.7 Å². The highest BCUT2D eigenvalue weighted by molar-refractivity contribution is 6.06. The van der Waals surface area contributed by atoms with E-state index in [4.69, 9.17) is 14.2 Å². The van der Waals surface area contributed by atoms with Crippen LogP contribution in [0, 0.1) is 5.92 Å². The van der Waals surface area contributed by atoms with E-state index in [1.807, 2.05) is 13.8 Å². The monoisotopic (exact) mass is 572 g/mol. The fourth-order valence-corrected chi connectivity index (χ4v) is 5.18. The maximum atomic E-state index is 13.6. The molecule has 1 atom stereocenters. The Morgan fingerprint density at radius 3 is 2.45 bits per heavy atom. The summed E-state index contributed by atoms with van der Waals surface area (Å²) in [6.45, 7) is 3.47. The number of hydrogen-bond donors (Lipinski definition) is 2. The topological polar surface area (TPSA) is 142 Å². The molecule has 0 spiro atoms. The van der Waals surface area contributed by atoms with Crippen LogP contribution >= 0.6 is 0 Å². The number of carbonyl (C=O) groups excluding carboxylic acids is 2. The van der Waals surface area contributed by atoms with Crippen molar-refractivity contribution in [2.75, 3.05) is 26.1 Å². The molecular weight excluding hydrogens is 540 g/mol. The zero-order chi connectivity index (χ0) is 30.0. The maximum absolute atomic E-state index is 13.6. The minimum absolute atomic E-state index is 0.0954. The van der Waals surface area contributed by atoms with Crippen molar-refractivity contribution in [3.05, 3.63) is 76.0 Å². The molecular formula is C31H32N4O7. The average Bonchev–Trinajstić information content (AvgIpc) is 2.98. The standard InChI is InChI=1S/C31H32N4O7/c1-17(2)24(16-36)35-23-6-5-7-25(37)20(23)12-21(31(35)39)30(38)34-29-9-8-18(15-33-29)42-26-10-11-32-22-14-28(41-4)27(40-3)13-19(22)26/h8-15,17,24,36H,5-7,16H2,1-4H3,(H,33,34,38). The molecule has 11 nitrogen and oxygen atoms in total. The molecule has 3 heterocycles. The molecule has 1 aliphatic carbocycles. The van der Waals surface area contributed by atoms with Crippen molar-refractivity contribution >= 4 is 28.4 Å². The molecule has 218 valence electrons. The molecule has 1 unspecified atom stereocenters. The molecule has 0 saturated heterocycles. The van der Waals surface area contributed by atoms with Gasteiger partial charge in [0, 0.05) is 35.3 Å². The van der Waals surface area contributed by atoms with E-state index in [0.29, 0.717) is 64.4 Å². The van der Waals surface area contributed by atoms with Gasteiger partial charge in [-0.05, 0) is 49.1 Å². The number of ether oxygens (including phenoxy) is 3. The van der Waals surface area contributed by atoms with Crippen molar-refractivity contribution in [3.8, 4) is 23.0 Å². The van der Waals surface area contributed by atoms with Crippen molar-refractivity contribution in [1.82, 2.24) is 14.5 Å². The summed E-state index contributed by atoms with van der Waals surface area (Å²) in [4.78, 5) is 48.3. The molecule has 1 aliphatic rings. The van der Waals surface area contributed by atoms with E-state index in [9.17, 15) is 19.5 Å². The lowest BCUT2D eigenvalue weighted by molar-refractivity contribution is 0.0967. The lowest BCUT2D eigenvalue weighted by Crippen LogP contribution is -2.39. The van der Waals surface area contributed by atoms with Crippen LogP contribution in [0.2, 0.25) is 0 Å². The number of amides is 1. The van der Waals surface area contributed by atoms with Crippen LogP contribution in [0.1, 0.15) is 59.1 Å². The number of benzene rings is 1. The van der Waals surface area contributed by atoms with Gasteiger partial charge in [0.25, 0.3) is 11.5 Å². The third kappa shape index (κ3) is 5.42. The highest BCUT2D eigenvalue weighted by Gasteiger charge is 2.29. The van der Waals surface area contributed by atoms with Gasteiger partial charge >= 0.3 is 0 Å². The normalized spacial score (nSPS) is 13.5. The van der Waals surface area contributed by atoms with Gasteiger partial charge < -0.3 is 29.2 Å². The van der Waals surface area contributed by atoms with Crippen molar-refractivity contribution in [2.24, 2.45) is 5.92 Å². The molecule has 42 heavy (non-hydrogen) atoms. The van der Waals surface area contributed by atoms with Crippen LogP contribution in [0.15, 0.2) is 53.6 Å². The Bertz CT molecular complexity index is 1710. The second-order valence-electron chi connectivity index (χ2n) is 10.3. The zero-order valence-corrected chi connectivity index (χ0v) is 23.8. The van der Waals surface area contributed by atoms with E-state index in [1.165, 1.54) is 16.8 Å². The molecule has 0 bridgehead atoms. The van der Waals surface area contributed by atoms with Crippen molar-refractivity contribution < 1.29 is 28.9 Å². The van der Waals surface area contributed by atoms with Gasteiger partial charge in [-0.15, -0.1) is 0 Å². The summed E-state index contributed by atoms with van der Waals surface area (Å²) in [5.74, 6) is 1.26. The van der Waals surface area contributed by atoms with Crippen LogP contribution in [0.25, 0.3) is 10.9 Å². The second kappa shape index (κ2) is 12.0. The molecule has 1 aromatic carbocycles. The molecule has 0 fully saturated rings. The number of nitrogens with zero attached hydrogens (tertiary/aromatic N) is 3. The summed E-state index contributed by atoms with van der Waals surface area (Å²) < 4.78 is 18.2. The summed E-state index contributed by atoms with van der Waals surface area (Å²) in [7, 11) is 3.10. The highest BCUT2D eigenvalue weighted by atomic mass is 16.5. The predicted octanol–water partition coefficient (Wildman–Crippen LogP) is 4.56. The molecule has 0 radical (unpaired) electrons. The SMILES string of the molecule is COc1cc2nccc(Oc3ccc(NC(=O)c4cc5c(n(C(CO)C(C)C)c4=O)CCCC5=O)nc3)c2cc1OC. The maximum Gasteiger partial charge on any atom is 0.264 e. The van der Waals surface area contributed by atoms with Crippen LogP contribution in [0.5, 0.6) is 23.0 Å². The number of anilines is 1. The van der Waals surface area contributed by atoms with Crippen LogP contribution in [-0.4, -0.2) is 52.2 Å². The highest BCUT2D eigenvalue weighted by Crippen LogP contribution is 2.37. The number of aliphatic hydroxyl groups excluding tert-OH is 1. The van der Waals surface area contributed by atoms with Gasteiger partial charge in [0.2, 0.25) is 0 Å². The zero-order valence-electron chi connectivity index (χ0n) is 23.8. The van der Waals surface area contributed by atoms with Gasteiger partial charge in [-0.25, -0.2) is 4.98 Å². The summed E-state index contributed by atoms with van der Waals surface area (Å²) in [5.41, 5.74) is 0.834. The van der Waals surface area contributed by atoms with Crippen molar-refractivity contribution in [1.29, 1.82) is 0 Å². The Hall–Kier alpha value is -4.77. The van der Waals surface area contributed by atoms with Crippen LogP contribution in [0.4, 0.5) is 5.82 Å². The second-order valence-corrected chi connectivity index (χ2v) is 10.3. The summed E-state index contributed by atoms with van der Waals surface area (Å²) in [6, 6.07) is 9.22. The first-order valence-corrected chi connectivity index (χ1v) is 13.6. The number of pyridine rings is 3. The lowest BCUT2D eigenvalue weighted by Gasteiger charge is -2.28. The van der Waals surface area contributed by atoms with Gasteiger partial charge in [-0.3, -0.25) is 19.4 Å². The quantitative estimate of drug-likeness (QED) is 0.295. The fraction of sp³-hybridized carbons (Fsp3) is 0.323. The van der Waals surface area contributed by atoms with E-state index in [-0.39, 0.29) is 29.7 Å². The number of methoxy groups -OCH3 is 2. The number of ketones is 1. The van der Waals surface area contributed by atoms with E-state index in [2.05, 4.69) is 15.3 Å². The van der Waals surface area contributed by atoms with E-state index in [0.717, 1.165) is 0 Å². The third-order valence-electron chi connectivity index (χ3n) is 7.40. The molecule has 1 amide bonds. The molecule has 4 aromatic rings. The average molecular weight is 573 g/mol. The van der Waals surface area contributed by atoms with Gasteiger partial charge in [0.1, 0.15) is 22.9 Å². The smallest absolute Gasteiger partial charge is 0.264 e. The van der Waals surface area contributed by atoms with Gasteiger partial charge in [-0.2, -0.15) is 0 Å². The van der Waals surface area contributed by atoms with E-state index >= 15 is 0 Å². The number of hydrogen-bond acceptors (Lipinski definition) is 9. The summed E-state index contributed by atoms with van der Waals surface area (Å²) in [5, 5.41) is 13.4. The van der Waals surface area contributed by atoms with Crippen molar-refractivity contribution in [2.45, 2.75) is 39.2 Å². The van der Waals surface area contributed by atoms with Gasteiger partial charge in [-0.1, -0.05) is 13.8 Å². The molecule has 0 saturated carbocycles. The first-order valence-electron chi connectivity index (χ1n) is 13.6. The summed E-state index contributed by atoms with van der Waals surface area (Å²) in [6.07, 6.45) is 4.54. The Morgan fingerprint density at radius 2 is 1.79 bits per heavy atom. The molecule has 5 rings (SSSR count). The molecule has 0 aliphatic heterocycles. The first-order chi connectivity index (χ1) is 20.2. The number of carbonyl (C=O) groups is 2. The largest absolute Gasteiger partial charge is 0.493 e. The van der Waals surface area contributed by atoms with Crippen molar-refractivity contribution in [3.63, 3.8) is 0 Å². The number of rotatable bonds is 9. The minimum Gasteiger partial charge on any atom is -0.493 e. The number of Topliss-reactive ketones (excluding diaryl/α,β-unsaturated/α-hetero) is 1. The number of aromatic nitrogens is 3. The van der Waals surface area contributed by atoms with Crippen LogP contribution < -0.4 is 25.1 Å². The summed E-state index contributed by atoms with van der Waals surface area (Å²) >= 11 is 0. The third-order valence-corrected chi connectivity index (χ3v) is 7.40. The Kier molecular flexibility index (Phi) is 8.21. The number of fused-ring (bicyclic) bond motifs is 2.